The summed E-state index contributed by atoms with van der Waals surface area (Å²) in [6.45, 7) is 6.97. The smallest absolute Gasteiger partial charge is 0.159 e. The zero-order valence-corrected chi connectivity index (χ0v) is 10.2. The summed E-state index contributed by atoms with van der Waals surface area (Å²) in [6, 6.07) is 4.72. The minimum absolute atomic E-state index is 0.120. The lowest BCUT2D eigenvalue weighted by molar-refractivity contribution is 0.158. The van der Waals surface area contributed by atoms with Gasteiger partial charge in [-0.25, -0.2) is 8.78 Å². The van der Waals surface area contributed by atoms with Gasteiger partial charge in [0.05, 0.1) is 0 Å². The topological polar surface area (TPSA) is 15.3 Å². The molecular formula is C13H18F2N2. The lowest BCUT2D eigenvalue weighted by atomic mass is 10.0. The Hall–Kier alpha value is -1.00. The molecule has 0 radical (unpaired) electrons. The molecule has 1 aliphatic rings. The zero-order valence-electron chi connectivity index (χ0n) is 10.2. The van der Waals surface area contributed by atoms with Gasteiger partial charge in [-0.3, -0.25) is 4.90 Å². The average Bonchev–Trinajstić information content (AvgIpc) is 2.32. The quantitative estimate of drug-likeness (QED) is 0.853. The van der Waals surface area contributed by atoms with Crippen LogP contribution in [0, 0.1) is 11.6 Å². The van der Waals surface area contributed by atoms with Crippen LogP contribution in [0.1, 0.15) is 25.5 Å². The van der Waals surface area contributed by atoms with Crippen molar-refractivity contribution in [3.05, 3.63) is 35.4 Å². The molecule has 0 bridgehead atoms. The monoisotopic (exact) mass is 240 g/mol. The van der Waals surface area contributed by atoms with E-state index >= 15 is 0 Å². The van der Waals surface area contributed by atoms with Crippen molar-refractivity contribution in [2.24, 2.45) is 0 Å². The van der Waals surface area contributed by atoms with Gasteiger partial charge in [0.2, 0.25) is 0 Å². The highest BCUT2D eigenvalue weighted by molar-refractivity contribution is 5.21. The molecule has 1 aromatic carbocycles. The van der Waals surface area contributed by atoms with Gasteiger partial charge in [0.25, 0.3) is 0 Å². The van der Waals surface area contributed by atoms with Gasteiger partial charge >= 0.3 is 0 Å². The molecule has 1 N–H and O–H groups in total. The van der Waals surface area contributed by atoms with Crippen molar-refractivity contribution in [1.82, 2.24) is 10.2 Å². The van der Waals surface area contributed by atoms with E-state index in [0.717, 1.165) is 25.2 Å². The van der Waals surface area contributed by atoms with Crippen LogP contribution in [0.15, 0.2) is 18.2 Å². The first-order chi connectivity index (χ1) is 8.08. The Balaban J connectivity index is 2.12. The highest BCUT2D eigenvalue weighted by Gasteiger charge is 2.22. The third-order valence-electron chi connectivity index (χ3n) is 3.37. The molecule has 94 valence electrons. The summed E-state index contributed by atoms with van der Waals surface area (Å²) in [4.78, 5) is 2.29. The number of hydrogen-bond donors (Lipinski definition) is 1. The molecule has 2 nitrogen and oxygen atoms in total. The van der Waals surface area contributed by atoms with Gasteiger partial charge in [-0.05, 0) is 31.5 Å². The molecule has 0 amide bonds. The van der Waals surface area contributed by atoms with E-state index in [2.05, 4.69) is 17.1 Å². The van der Waals surface area contributed by atoms with Crippen molar-refractivity contribution >= 4 is 0 Å². The largest absolute Gasteiger partial charge is 0.312 e. The third-order valence-corrected chi connectivity index (χ3v) is 3.37. The number of nitrogens with zero attached hydrogens (tertiary/aromatic N) is 1. The molecule has 1 heterocycles. The van der Waals surface area contributed by atoms with Crippen molar-refractivity contribution in [1.29, 1.82) is 0 Å². The molecule has 0 aromatic heterocycles. The number of halogens is 2. The van der Waals surface area contributed by atoms with Crippen LogP contribution in [0.25, 0.3) is 0 Å². The summed E-state index contributed by atoms with van der Waals surface area (Å²) >= 11 is 0. The molecule has 2 atom stereocenters. The Morgan fingerprint density at radius 3 is 2.76 bits per heavy atom. The van der Waals surface area contributed by atoms with Crippen LogP contribution >= 0.6 is 0 Å². The lowest BCUT2D eigenvalue weighted by Gasteiger charge is -2.36. The molecule has 0 aliphatic carbocycles. The van der Waals surface area contributed by atoms with E-state index in [4.69, 9.17) is 0 Å². The van der Waals surface area contributed by atoms with Gasteiger partial charge in [-0.2, -0.15) is 0 Å². The second-order valence-electron chi connectivity index (χ2n) is 4.70. The molecule has 4 heteroatoms. The highest BCUT2D eigenvalue weighted by Crippen LogP contribution is 2.22. The third kappa shape index (κ3) is 2.82. The highest BCUT2D eigenvalue weighted by atomic mass is 19.2. The minimum Gasteiger partial charge on any atom is -0.312 e. The minimum atomic E-state index is -0.783. The van der Waals surface area contributed by atoms with Gasteiger partial charge < -0.3 is 5.32 Å². The van der Waals surface area contributed by atoms with Crippen LogP contribution in [0.3, 0.4) is 0 Å². The first-order valence-corrected chi connectivity index (χ1v) is 6.00. The molecule has 1 fully saturated rings. The summed E-state index contributed by atoms with van der Waals surface area (Å²) < 4.78 is 26.0. The number of benzene rings is 1. The summed E-state index contributed by atoms with van der Waals surface area (Å²) in [7, 11) is 0. The Morgan fingerprint density at radius 2 is 2.12 bits per heavy atom. The first-order valence-electron chi connectivity index (χ1n) is 6.00. The predicted molar refractivity (Wildman–Crippen MR) is 63.8 cm³/mol. The summed E-state index contributed by atoms with van der Waals surface area (Å²) in [5.41, 5.74) is 0.831. The Bertz CT molecular complexity index is 395. The van der Waals surface area contributed by atoms with E-state index in [-0.39, 0.29) is 6.04 Å². The molecule has 0 unspecified atom stereocenters. The number of nitrogens with one attached hydrogen (secondary N) is 1. The van der Waals surface area contributed by atoms with Crippen LogP contribution in [0.5, 0.6) is 0 Å². The molecule has 1 aromatic rings. The number of piperazine rings is 1. The van der Waals surface area contributed by atoms with Gasteiger partial charge in [0.1, 0.15) is 0 Å². The van der Waals surface area contributed by atoms with Gasteiger partial charge in [-0.15, -0.1) is 0 Å². The second kappa shape index (κ2) is 5.10. The van der Waals surface area contributed by atoms with Crippen LogP contribution in [-0.2, 0) is 0 Å². The summed E-state index contributed by atoms with van der Waals surface area (Å²) in [5, 5.41) is 3.36. The van der Waals surface area contributed by atoms with Gasteiger partial charge in [0.15, 0.2) is 11.6 Å². The van der Waals surface area contributed by atoms with E-state index in [0.29, 0.717) is 6.04 Å². The van der Waals surface area contributed by atoms with Crippen LogP contribution in [0.2, 0.25) is 0 Å². The maximum atomic E-state index is 13.2. The fourth-order valence-corrected chi connectivity index (χ4v) is 2.30. The molecule has 17 heavy (non-hydrogen) atoms. The predicted octanol–water partition coefficient (Wildman–Crippen LogP) is 2.32. The van der Waals surface area contributed by atoms with Crippen molar-refractivity contribution < 1.29 is 8.78 Å². The first kappa shape index (κ1) is 12.5. The normalized spacial score (nSPS) is 23.6. The van der Waals surface area contributed by atoms with E-state index in [9.17, 15) is 8.78 Å². The molecule has 2 rings (SSSR count). The van der Waals surface area contributed by atoms with Crippen molar-refractivity contribution in [2.45, 2.75) is 25.9 Å². The van der Waals surface area contributed by atoms with Crippen molar-refractivity contribution in [3.8, 4) is 0 Å². The Kier molecular flexibility index (Phi) is 3.74. The van der Waals surface area contributed by atoms with E-state index in [1.807, 2.05) is 6.92 Å². The van der Waals surface area contributed by atoms with Crippen molar-refractivity contribution in [3.63, 3.8) is 0 Å². The SMILES string of the molecule is C[C@@H]1CN([C@H](C)c2ccc(F)c(F)c2)CCN1. The van der Waals surface area contributed by atoms with E-state index < -0.39 is 11.6 Å². The second-order valence-corrected chi connectivity index (χ2v) is 4.70. The Labute approximate surface area is 101 Å². The molecule has 1 saturated heterocycles. The van der Waals surface area contributed by atoms with Crippen LogP contribution < -0.4 is 5.32 Å². The number of hydrogen-bond acceptors (Lipinski definition) is 2. The maximum Gasteiger partial charge on any atom is 0.159 e. The Morgan fingerprint density at radius 1 is 1.35 bits per heavy atom. The molecule has 0 saturated carbocycles. The van der Waals surface area contributed by atoms with E-state index in [1.165, 1.54) is 12.1 Å². The van der Waals surface area contributed by atoms with Gasteiger partial charge in [0, 0.05) is 31.7 Å². The summed E-state index contributed by atoms with van der Waals surface area (Å²) in [6.07, 6.45) is 0. The number of rotatable bonds is 2. The molecule has 0 spiro atoms. The molecular weight excluding hydrogens is 222 g/mol. The van der Waals surface area contributed by atoms with Crippen LogP contribution in [-0.4, -0.2) is 30.6 Å². The maximum absolute atomic E-state index is 13.2. The standard InChI is InChI=1S/C13H18F2N2/c1-9-8-17(6-5-16-9)10(2)11-3-4-12(14)13(15)7-11/h3-4,7,9-10,16H,5-6,8H2,1-2H3/t9-,10-/m1/s1. The van der Waals surface area contributed by atoms with E-state index in [1.54, 1.807) is 6.07 Å². The average molecular weight is 240 g/mol. The zero-order chi connectivity index (χ0) is 12.4. The fraction of sp³-hybridized carbons (Fsp3) is 0.538. The fourth-order valence-electron chi connectivity index (χ4n) is 2.30. The van der Waals surface area contributed by atoms with Crippen molar-refractivity contribution in [2.75, 3.05) is 19.6 Å². The molecule has 1 aliphatic heterocycles. The lowest BCUT2D eigenvalue weighted by Crippen LogP contribution is -2.49. The van der Waals surface area contributed by atoms with Gasteiger partial charge in [-0.1, -0.05) is 6.07 Å². The summed E-state index contributed by atoms with van der Waals surface area (Å²) in [5.74, 6) is -1.55. The van der Waals surface area contributed by atoms with Crippen LogP contribution in [0.4, 0.5) is 8.78 Å².